The van der Waals surface area contributed by atoms with E-state index in [0.29, 0.717) is 5.17 Å². The lowest BCUT2D eigenvalue weighted by molar-refractivity contribution is -0.192. The van der Waals surface area contributed by atoms with Gasteiger partial charge in [-0.25, -0.2) is 18.4 Å². The average molecular weight is 230 g/mol. The molecule has 0 spiro atoms. The Hall–Kier alpha value is -2.22. The monoisotopic (exact) mass is 230 g/mol. The highest BCUT2D eigenvalue weighted by Gasteiger charge is 2.31. The van der Waals surface area contributed by atoms with Crippen molar-refractivity contribution in [2.75, 3.05) is 5.17 Å². The predicted molar refractivity (Wildman–Crippen MR) is 44.2 cm³/mol. The maximum absolute atomic E-state index is 13.2. The third-order valence-corrected chi connectivity index (χ3v) is 1.71. The summed E-state index contributed by atoms with van der Waals surface area (Å²) in [6.07, 6.45) is 0. The smallest absolute Gasteiger partial charge is 0.338 e. The number of carbonyl (C=O) groups excluding carboxylic acids is 2. The summed E-state index contributed by atoms with van der Waals surface area (Å²) in [5.41, 5.74) is 1.39. The van der Waals surface area contributed by atoms with Crippen LogP contribution in [0.3, 0.4) is 0 Å². The van der Waals surface area contributed by atoms with Crippen molar-refractivity contribution < 1.29 is 28.0 Å². The van der Waals surface area contributed by atoms with Crippen LogP contribution in [0.1, 0.15) is 0 Å². The SMILES string of the molecule is O=C1ONN(c2cccc(F)c2F)OC1=O. The van der Waals surface area contributed by atoms with Gasteiger partial charge in [-0.3, -0.25) is 0 Å². The summed E-state index contributed by atoms with van der Waals surface area (Å²) in [5, 5.41) is 0.405. The number of nitrogens with zero attached hydrogens (tertiary/aromatic N) is 1. The van der Waals surface area contributed by atoms with E-state index >= 15 is 0 Å². The summed E-state index contributed by atoms with van der Waals surface area (Å²) in [7, 11) is 0. The van der Waals surface area contributed by atoms with E-state index in [1.165, 1.54) is 6.07 Å². The molecule has 0 amide bonds. The zero-order chi connectivity index (χ0) is 11.7. The zero-order valence-corrected chi connectivity index (χ0v) is 7.57. The molecule has 0 saturated carbocycles. The standard InChI is InChI=1S/C8H4F2N2O4/c9-4-2-1-3-5(6(4)10)12-11-15-7(13)8(14)16-12/h1-3,11H. The minimum atomic E-state index is -1.34. The molecule has 1 saturated heterocycles. The first kappa shape index (κ1) is 10.3. The molecule has 1 N–H and O–H groups in total. The van der Waals surface area contributed by atoms with E-state index in [-0.39, 0.29) is 0 Å². The Bertz CT molecular complexity index is 465. The van der Waals surface area contributed by atoms with Crippen LogP contribution in [0.2, 0.25) is 0 Å². The van der Waals surface area contributed by atoms with E-state index in [4.69, 9.17) is 0 Å². The molecular formula is C8H4F2N2O4. The molecule has 1 heterocycles. The quantitative estimate of drug-likeness (QED) is 0.695. The second kappa shape index (κ2) is 3.74. The van der Waals surface area contributed by atoms with Gasteiger partial charge in [0.15, 0.2) is 11.6 Å². The van der Waals surface area contributed by atoms with Crippen LogP contribution in [0, 0.1) is 11.6 Å². The molecule has 1 aliphatic heterocycles. The van der Waals surface area contributed by atoms with Crippen LogP contribution in [0.5, 0.6) is 0 Å². The Morgan fingerprint density at radius 1 is 1.19 bits per heavy atom. The molecule has 16 heavy (non-hydrogen) atoms. The van der Waals surface area contributed by atoms with Gasteiger partial charge < -0.3 is 9.68 Å². The summed E-state index contributed by atoms with van der Waals surface area (Å²) in [6, 6.07) is 3.20. The first-order valence-corrected chi connectivity index (χ1v) is 4.02. The number of benzene rings is 1. The zero-order valence-electron chi connectivity index (χ0n) is 7.57. The fourth-order valence-electron chi connectivity index (χ4n) is 1.01. The topological polar surface area (TPSA) is 67.9 Å². The van der Waals surface area contributed by atoms with E-state index in [0.717, 1.165) is 12.1 Å². The number of nitrogens with one attached hydrogen (secondary N) is 1. The Labute approximate surface area is 87.2 Å². The van der Waals surface area contributed by atoms with Crippen LogP contribution in [-0.2, 0) is 19.3 Å². The van der Waals surface area contributed by atoms with Crippen molar-refractivity contribution in [3.8, 4) is 0 Å². The molecule has 8 heteroatoms. The third-order valence-electron chi connectivity index (χ3n) is 1.71. The van der Waals surface area contributed by atoms with Gasteiger partial charge in [-0.1, -0.05) is 11.2 Å². The molecule has 0 bridgehead atoms. The summed E-state index contributed by atoms with van der Waals surface area (Å²) in [5.74, 6) is -5.01. The minimum absolute atomic E-state index is 0.405. The molecule has 0 atom stereocenters. The molecule has 0 aliphatic carbocycles. The Kier molecular flexibility index (Phi) is 2.41. The van der Waals surface area contributed by atoms with Crippen molar-refractivity contribution in [1.82, 2.24) is 5.59 Å². The van der Waals surface area contributed by atoms with Crippen molar-refractivity contribution in [2.24, 2.45) is 0 Å². The van der Waals surface area contributed by atoms with Gasteiger partial charge in [0.25, 0.3) is 0 Å². The van der Waals surface area contributed by atoms with Gasteiger partial charge in [-0.2, -0.15) is 0 Å². The van der Waals surface area contributed by atoms with Crippen LogP contribution in [0.4, 0.5) is 14.5 Å². The van der Waals surface area contributed by atoms with Crippen molar-refractivity contribution in [2.45, 2.75) is 0 Å². The number of hydrogen-bond acceptors (Lipinski definition) is 6. The van der Waals surface area contributed by atoms with Crippen LogP contribution in [-0.4, -0.2) is 11.9 Å². The highest BCUT2D eigenvalue weighted by molar-refractivity contribution is 6.30. The molecule has 0 radical (unpaired) electrons. The van der Waals surface area contributed by atoms with E-state index in [9.17, 15) is 18.4 Å². The normalized spacial score (nSPS) is 15.8. The van der Waals surface area contributed by atoms with E-state index < -0.39 is 29.3 Å². The van der Waals surface area contributed by atoms with Crippen molar-refractivity contribution >= 4 is 17.6 Å². The van der Waals surface area contributed by atoms with E-state index in [2.05, 4.69) is 9.68 Å². The molecule has 1 aromatic rings. The summed E-state index contributed by atoms with van der Waals surface area (Å²) in [4.78, 5) is 29.8. The van der Waals surface area contributed by atoms with Gasteiger partial charge in [0, 0.05) is 0 Å². The number of anilines is 1. The summed E-state index contributed by atoms with van der Waals surface area (Å²) in [6.45, 7) is 0. The average Bonchev–Trinajstić information content (AvgIpc) is 2.26. The number of halogens is 2. The first-order valence-electron chi connectivity index (χ1n) is 4.02. The number of hydrogen-bond donors (Lipinski definition) is 1. The predicted octanol–water partition coefficient (Wildman–Crippen LogP) is 0.206. The van der Waals surface area contributed by atoms with Crippen molar-refractivity contribution in [3.63, 3.8) is 0 Å². The van der Waals surface area contributed by atoms with Gasteiger partial charge in [-0.15, -0.1) is 0 Å². The fourth-order valence-corrected chi connectivity index (χ4v) is 1.01. The second-order valence-corrected chi connectivity index (χ2v) is 2.73. The van der Waals surface area contributed by atoms with Crippen LogP contribution in [0.25, 0.3) is 0 Å². The molecule has 1 fully saturated rings. The molecule has 6 nitrogen and oxygen atoms in total. The third kappa shape index (κ3) is 1.65. The van der Waals surface area contributed by atoms with E-state index in [1.807, 2.05) is 5.59 Å². The van der Waals surface area contributed by atoms with Crippen LogP contribution >= 0.6 is 0 Å². The van der Waals surface area contributed by atoms with Crippen molar-refractivity contribution in [1.29, 1.82) is 0 Å². The lowest BCUT2D eigenvalue weighted by Crippen LogP contribution is -2.50. The number of carbonyl (C=O) groups is 2. The molecule has 84 valence electrons. The van der Waals surface area contributed by atoms with Gasteiger partial charge in [0.1, 0.15) is 5.69 Å². The summed E-state index contributed by atoms with van der Waals surface area (Å²) < 4.78 is 26.1. The Balaban J connectivity index is 2.28. The second-order valence-electron chi connectivity index (χ2n) is 2.73. The molecule has 0 unspecified atom stereocenters. The highest BCUT2D eigenvalue weighted by atomic mass is 19.2. The highest BCUT2D eigenvalue weighted by Crippen LogP contribution is 2.21. The Morgan fingerprint density at radius 3 is 2.62 bits per heavy atom. The molecule has 2 rings (SSSR count). The fraction of sp³-hybridized carbons (Fsp3) is 0. The van der Waals surface area contributed by atoms with E-state index in [1.54, 1.807) is 0 Å². The van der Waals surface area contributed by atoms with Gasteiger partial charge in [0.05, 0.1) is 0 Å². The molecule has 1 aliphatic rings. The minimum Gasteiger partial charge on any atom is -0.338 e. The van der Waals surface area contributed by atoms with Gasteiger partial charge >= 0.3 is 11.9 Å². The van der Waals surface area contributed by atoms with Crippen molar-refractivity contribution in [3.05, 3.63) is 29.8 Å². The lowest BCUT2D eigenvalue weighted by atomic mass is 10.3. The molecular weight excluding hydrogens is 226 g/mol. The number of hydrazine groups is 1. The molecule has 0 aromatic heterocycles. The van der Waals surface area contributed by atoms with Crippen LogP contribution < -0.4 is 10.8 Å². The van der Waals surface area contributed by atoms with Gasteiger partial charge in [-0.05, 0) is 17.7 Å². The Morgan fingerprint density at radius 2 is 1.94 bits per heavy atom. The maximum atomic E-state index is 13.2. The van der Waals surface area contributed by atoms with Crippen LogP contribution in [0.15, 0.2) is 18.2 Å². The lowest BCUT2D eigenvalue weighted by Gasteiger charge is -2.25. The maximum Gasteiger partial charge on any atom is 0.444 e. The largest absolute Gasteiger partial charge is 0.444 e. The summed E-state index contributed by atoms with van der Waals surface area (Å²) >= 11 is 0. The van der Waals surface area contributed by atoms with Gasteiger partial charge in [0.2, 0.25) is 0 Å². The number of rotatable bonds is 1. The first-order chi connectivity index (χ1) is 7.59. The molecule has 1 aromatic carbocycles.